The van der Waals surface area contributed by atoms with Crippen molar-refractivity contribution in [1.82, 2.24) is 20.0 Å². The maximum absolute atomic E-state index is 5.24. The van der Waals surface area contributed by atoms with Crippen molar-refractivity contribution in [3.05, 3.63) is 41.8 Å². The van der Waals surface area contributed by atoms with E-state index in [-0.39, 0.29) is 0 Å². The Morgan fingerprint density at radius 1 is 1.35 bits per heavy atom. The Hall–Kier alpha value is -1.79. The van der Waals surface area contributed by atoms with Crippen LogP contribution in [0, 0.1) is 0 Å². The number of methoxy groups -OCH3 is 1. The molecule has 0 bridgehead atoms. The lowest BCUT2D eigenvalue weighted by molar-refractivity contribution is 0.122. The van der Waals surface area contributed by atoms with Crippen LogP contribution in [0.15, 0.2) is 29.0 Å². The van der Waals surface area contributed by atoms with E-state index >= 15 is 0 Å². The number of nitrogens with zero attached hydrogens (tertiary/aromatic N) is 4. The summed E-state index contributed by atoms with van der Waals surface area (Å²) in [5.74, 6) is 1.99. The van der Waals surface area contributed by atoms with E-state index in [1.807, 2.05) is 12.4 Å². The molecular formula is C14H18N4O2. The van der Waals surface area contributed by atoms with Crippen LogP contribution >= 0.6 is 0 Å². The lowest BCUT2D eigenvalue weighted by Crippen LogP contribution is -2.44. The van der Waals surface area contributed by atoms with E-state index in [1.54, 1.807) is 7.11 Å². The van der Waals surface area contributed by atoms with E-state index in [1.165, 1.54) is 5.56 Å². The van der Waals surface area contributed by atoms with E-state index in [2.05, 4.69) is 32.2 Å². The monoisotopic (exact) mass is 274 g/mol. The van der Waals surface area contributed by atoms with Gasteiger partial charge in [-0.15, -0.1) is 0 Å². The first-order chi connectivity index (χ1) is 9.85. The van der Waals surface area contributed by atoms with Crippen LogP contribution in [-0.4, -0.2) is 46.8 Å². The molecule has 3 heterocycles. The highest BCUT2D eigenvalue weighted by atomic mass is 16.5. The van der Waals surface area contributed by atoms with Crippen LogP contribution < -0.4 is 0 Å². The third-order valence-electron chi connectivity index (χ3n) is 3.53. The van der Waals surface area contributed by atoms with Gasteiger partial charge in [-0.25, -0.2) is 0 Å². The lowest BCUT2D eigenvalue weighted by Gasteiger charge is -2.38. The zero-order valence-corrected chi connectivity index (χ0v) is 11.5. The second-order valence-electron chi connectivity index (χ2n) is 5.02. The summed E-state index contributed by atoms with van der Waals surface area (Å²) in [6.07, 6.45) is 4.38. The van der Waals surface area contributed by atoms with Crippen molar-refractivity contribution < 1.29 is 9.26 Å². The number of rotatable bonds is 6. The van der Waals surface area contributed by atoms with Crippen LogP contribution in [0.25, 0.3) is 0 Å². The number of ether oxygens (including phenoxy) is 1. The molecule has 1 aliphatic heterocycles. The molecule has 0 atom stereocenters. The van der Waals surface area contributed by atoms with E-state index < -0.39 is 0 Å². The van der Waals surface area contributed by atoms with Gasteiger partial charge in [-0.3, -0.25) is 9.88 Å². The van der Waals surface area contributed by atoms with Crippen molar-refractivity contribution in [2.24, 2.45) is 0 Å². The zero-order valence-electron chi connectivity index (χ0n) is 11.5. The van der Waals surface area contributed by atoms with Crippen LogP contribution in [0.2, 0.25) is 0 Å². The normalized spacial score (nSPS) is 16.2. The molecule has 2 aromatic heterocycles. The van der Waals surface area contributed by atoms with Crippen molar-refractivity contribution in [3.63, 3.8) is 0 Å². The zero-order chi connectivity index (χ0) is 13.8. The van der Waals surface area contributed by atoms with Gasteiger partial charge in [0.25, 0.3) is 0 Å². The Balaban J connectivity index is 1.48. The predicted molar refractivity (Wildman–Crippen MR) is 72.1 cm³/mol. The highest BCUT2D eigenvalue weighted by molar-refractivity contribution is 5.19. The molecule has 0 spiro atoms. The molecule has 106 valence electrons. The predicted octanol–water partition coefficient (Wildman–Crippen LogP) is 1.25. The minimum absolute atomic E-state index is 0.592. The number of hydrogen-bond donors (Lipinski definition) is 0. The summed E-state index contributed by atoms with van der Waals surface area (Å²) >= 11 is 0. The largest absolute Gasteiger partial charge is 0.384 e. The minimum atomic E-state index is 0.592. The van der Waals surface area contributed by atoms with Crippen molar-refractivity contribution in [2.45, 2.75) is 18.9 Å². The Labute approximate surface area is 117 Å². The van der Waals surface area contributed by atoms with Crippen molar-refractivity contribution in [2.75, 3.05) is 26.8 Å². The fraction of sp³-hybridized carbons (Fsp3) is 0.500. The number of hydrogen-bond acceptors (Lipinski definition) is 6. The molecule has 1 saturated heterocycles. The molecule has 0 radical (unpaired) electrons. The van der Waals surface area contributed by atoms with Crippen LogP contribution in [0.3, 0.4) is 0 Å². The Bertz CT molecular complexity index is 537. The molecule has 3 rings (SSSR count). The summed E-state index contributed by atoms with van der Waals surface area (Å²) in [5.41, 5.74) is 1.35. The first kappa shape index (κ1) is 13.2. The quantitative estimate of drug-likeness (QED) is 0.790. The molecule has 0 aliphatic carbocycles. The van der Waals surface area contributed by atoms with Crippen LogP contribution in [0.4, 0.5) is 0 Å². The fourth-order valence-electron chi connectivity index (χ4n) is 2.39. The summed E-state index contributed by atoms with van der Waals surface area (Å²) in [5, 5.41) is 3.94. The number of likely N-dealkylation sites (tertiary alicyclic amines) is 1. The standard InChI is InChI=1S/C14H18N4O2/c1-19-7-4-13-16-14(20-17-13)10-18-8-12(9-18)11-2-5-15-6-3-11/h2-3,5-6,12H,4,7-10H2,1H3. The van der Waals surface area contributed by atoms with E-state index in [4.69, 9.17) is 9.26 Å². The van der Waals surface area contributed by atoms with Gasteiger partial charge >= 0.3 is 0 Å². The molecule has 6 heteroatoms. The molecule has 0 N–H and O–H groups in total. The smallest absolute Gasteiger partial charge is 0.240 e. The molecule has 0 amide bonds. The Kier molecular flexibility index (Phi) is 4.03. The van der Waals surface area contributed by atoms with Gasteiger partial charge < -0.3 is 9.26 Å². The first-order valence-corrected chi connectivity index (χ1v) is 6.78. The van der Waals surface area contributed by atoms with Gasteiger partial charge in [0.1, 0.15) is 0 Å². The van der Waals surface area contributed by atoms with Crippen molar-refractivity contribution in [3.8, 4) is 0 Å². The van der Waals surface area contributed by atoms with E-state index in [9.17, 15) is 0 Å². The summed E-state index contributed by atoms with van der Waals surface area (Å²) < 4.78 is 10.2. The van der Waals surface area contributed by atoms with Gasteiger partial charge in [0.15, 0.2) is 5.82 Å². The average molecular weight is 274 g/mol. The summed E-state index contributed by atoms with van der Waals surface area (Å²) in [4.78, 5) is 10.7. The number of aromatic nitrogens is 3. The Morgan fingerprint density at radius 2 is 2.15 bits per heavy atom. The fourth-order valence-corrected chi connectivity index (χ4v) is 2.39. The third kappa shape index (κ3) is 3.02. The molecule has 1 fully saturated rings. The Morgan fingerprint density at radius 3 is 2.90 bits per heavy atom. The van der Waals surface area contributed by atoms with Crippen molar-refractivity contribution in [1.29, 1.82) is 0 Å². The number of pyridine rings is 1. The van der Waals surface area contributed by atoms with Gasteiger partial charge in [0.2, 0.25) is 5.89 Å². The summed E-state index contributed by atoms with van der Waals surface area (Å²) in [6.45, 7) is 3.40. The first-order valence-electron chi connectivity index (χ1n) is 6.78. The van der Waals surface area contributed by atoms with Crippen LogP contribution in [0.5, 0.6) is 0 Å². The van der Waals surface area contributed by atoms with Crippen LogP contribution in [0.1, 0.15) is 23.2 Å². The maximum atomic E-state index is 5.24. The average Bonchev–Trinajstić information content (AvgIpc) is 2.89. The van der Waals surface area contributed by atoms with Gasteiger partial charge in [-0.05, 0) is 17.7 Å². The van der Waals surface area contributed by atoms with Gasteiger partial charge in [-0.1, -0.05) is 5.16 Å². The van der Waals surface area contributed by atoms with E-state index in [0.29, 0.717) is 30.7 Å². The molecule has 6 nitrogen and oxygen atoms in total. The molecule has 0 saturated carbocycles. The third-order valence-corrected chi connectivity index (χ3v) is 3.53. The highest BCUT2D eigenvalue weighted by Gasteiger charge is 2.29. The summed E-state index contributed by atoms with van der Waals surface area (Å²) in [7, 11) is 1.67. The van der Waals surface area contributed by atoms with Crippen LogP contribution in [-0.2, 0) is 17.7 Å². The maximum Gasteiger partial charge on any atom is 0.240 e. The molecule has 20 heavy (non-hydrogen) atoms. The molecular weight excluding hydrogens is 256 g/mol. The van der Waals surface area contributed by atoms with E-state index in [0.717, 1.165) is 19.6 Å². The van der Waals surface area contributed by atoms with Gasteiger partial charge in [-0.2, -0.15) is 4.98 Å². The van der Waals surface area contributed by atoms with Gasteiger partial charge in [0, 0.05) is 44.9 Å². The van der Waals surface area contributed by atoms with Crippen molar-refractivity contribution >= 4 is 0 Å². The molecule has 2 aromatic rings. The molecule has 1 aliphatic rings. The molecule has 0 aromatic carbocycles. The minimum Gasteiger partial charge on any atom is -0.384 e. The second-order valence-corrected chi connectivity index (χ2v) is 5.02. The summed E-state index contributed by atoms with van der Waals surface area (Å²) in [6, 6.07) is 4.16. The topological polar surface area (TPSA) is 64.3 Å². The lowest BCUT2D eigenvalue weighted by atomic mass is 9.92. The molecule has 0 unspecified atom stereocenters. The SMILES string of the molecule is COCCc1noc(CN2CC(c3ccncc3)C2)n1. The highest BCUT2D eigenvalue weighted by Crippen LogP contribution is 2.27. The second kappa shape index (κ2) is 6.11. The van der Waals surface area contributed by atoms with Gasteiger partial charge in [0.05, 0.1) is 13.2 Å².